The molecule has 8 heteroatoms. The Morgan fingerprint density at radius 1 is 1.15 bits per heavy atom. The van der Waals surface area contributed by atoms with Crippen LogP contribution >= 0.6 is 11.6 Å². The third-order valence-corrected chi connectivity index (χ3v) is 4.87. The van der Waals surface area contributed by atoms with Gasteiger partial charge in [-0.2, -0.15) is 0 Å². The SMILES string of the molecule is COc1ccc(-n2c(C)nnc2N2CC[C@H](Oc3ccccc3Cl)C2)cn1. The lowest BCUT2D eigenvalue weighted by atomic mass is 10.3. The number of benzene rings is 1. The van der Waals surface area contributed by atoms with Gasteiger partial charge in [0, 0.05) is 19.0 Å². The zero-order valence-corrected chi connectivity index (χ0v) is 15.9. The summed E-state index contributed by atoms with van der Waals surface area (Å²) in [6, 6.07) is 11.3. The second kappa shape index (κ2) is 7.44. The molecule has 0 amide bonds. The van der Waals surface area contributed by atoms with Gasteiger partial charge < -0.3 is 14.4 Å². The second-order valence-electron chi connectivity index (χ2n) is 6.35. The third-order valence-electron chi connectivity index (χ3n) is 4.55. The summed E-state index contributed by atoms with van der Waals surface area (Å²) < 4.78 is 13.2. The molecule has 0 radical (unpaired) electrons. The minimum absolute atomic E-state index is 0.0457. The van der Waals surface area contributed by atoms with E-state index in [1.54, 1.807) is 13.3 Å². The maximum atomic E-state index is 6.21. The molecule has 2 aromatic heterocycles. The van der Waals surface area contributed by atoms with Crippen LogP contribution in [0.15, 0.2) is 42.6 Å². The molecule has 1 fully saturated rings. The molecule has 0 saturated carbocycles. The highest BCUT2D eigenvalue weighted by Crippen LogP contribution is 2.29. The smallest absolute Gasteiger partial charge is 0.232 e. The minimum Gasteiger partial charge on any atom is -0.487 e. The fraction of sp³-hybridized carbons (Fsp3) is 0.316. The van der Waals surface area contributed by atoms with Crippen molar-refractivity contribution in [3.05, 3.63) is 53.4 Å². The van der Waals surface area contributed by atoms with Crippen molar-refractivity contribution in [2.75, 3.05) is 25.1 Å². The number of halogens is 1. The number of nitrogens with zero attached hydrogens (tertiary/aromatic N) is 5. The Labute approximate surface area is 162 Å². The van der Waals surface area contributed by atoms with E-state index < -0.39 is 0 Å². The highest BCUT2D eigenvalue weighted by molar-refractivity contribution is 6.32. The Balaban J connectivity index is 1.54. The van der Waals surface area contributed by atoms with Gasteiger partial charge in [0.15, 0.2) is 0 Å². The Kier molecular flexibility index (Phi) is 4.85. The van der Waals surface area contributed by atoms with Gasteiger partial charge in [-0.05, 0) is 25.1 Å². The molecule has 3 heterocycles. The second-order valence-corrected chi connectivity index (χ2v) is 6.75. The lowest BCUT2D eigenvalue weighted by Gasteiger charge is -2.19. The number of aromatic nitrogens is 4. The number of aryl methyl sites for hydroxylation is 1. The van der Waals surface area contributed by atoms with Crippen molar-refractivity contribution in [2.24, 2.45) is 0 Å². The van der Waals surface area contributed by atoms with E-state index in [1.165, 1.54) is 0 Å². The Bertz CT molecular complexity index is 928. The number of pyridine rings is 1. The van der Waals surface area contributed by atoms with Crippen molar-refractivity contribution in [2.45, 2.75) is 19.4 Å². The van der Waals surface area contributed by atoms with Crippen LogP contribution in [-0.2, 0) is 0 Å². The number of para-hydroxylation sites is 1. The molecule has 0 bridgehead atoms. The molecule has 1 aromatic carbocycles. The summed E-state index contributed by atoms with van der Waals surface area (Å²) in [4.78, 5) is 6.46. The first-order chi connectivity index (χ1) is 13.2. The molecule has 140 valence electrons. The summed E-state index contributed by atoms with van der Waals surface area (Å²) in [5.74, 6) is 2.86. The largest absolute Gasteiger partial charge is 0.487 e. The van der Waals surface area contributed by atoms with Gasteiger partial charge in [0.05, 0.1) is 30.6 Å². The first kappa shape index (κ1) is 17.6. The monoisotopic (exact) mass is 385 g/mol. The van der Waals surface area contributed by atoms with Crippen LogP contribution in [-0.4, -0.2) is 46.1 Å². The molecule has 1 aliphatic rings. The van der Waals surface area contributed by atoms with Gasteiger partial charge in [-0.25, -0.2) is 4.98 Å². The van der Waals surface area contributed by atoms with Crippen molar-refractivity contribution >= 4 is 17.5 Å². The van der Waals surface area contributed by atoms with Crippen LogP contribution in [0.4, 0.5) is 5.95 Å². The van der Waals surface area contributed by atoms with E-state index in [1.807, 2.05) is 47.9 Å². The predicted molar refractivity (Wildman–Crippen MR) is 103 cm³/mol. The van der Waals surface area contributed by atoms with Crippen molar-refractivity contribution < 1.29 is 9.47 Å². The molecule has 4 rings (SSSR count). The van der Waals surface area contributed by atoms with E-state index in [2.05, 4.69) is 20.1 Å². The summed E-state index contributed by atoms with van der Waals surface area (Å²) in [7, 11) is 1.60. The van der Waals surface area contributed by atoms with E-state index in [0.717, 1.165) is 30.4 Å². The van der Waals surface area contributed by atoms with Gasteiger partial charge >= 0.3 is 0 Å². The average molecular weight is 386 g/mol. The van der Waals surface area contributed by atoms with Crippen LogP contribution in [0.1, 0.15) is 12.2 Å². The number of hydrogen-bond acceptors (Lipinski definition) is 6. The van der Waals surface area contributed by atoms with Crippen LogP contribution in [0.3, 0.4) is 0 Å². The maximum Gasteiger partial charge on any atom is 0.232 e. The molecule has 0 unspecified atom stereocenters. The van der Waals surface area contributed by atoms with E-state index in [9.17, 15) is 0 Å². The minimum atomic E-state index is 0.0457. The van der Waals surface area contributed by atoms with Crippen LogP contribution in [0.2, 0.25) is 5.02 Å². The Morgan fingerprint density at radius 2 is 2.00 bits per heavy atom. The van der Waals surface area contributed by atoms with Crippen molar-refractivity contribution in [1.29, 1.82) is 0 Å². The summed E-state index contributed by atoms with van der Waals surface area (Å²) in [5.41, 5.74) is 0.892. The molecular formula is C19H20ClN5O2. The fourth-order valence-corrected chi connectivity index (χ4v) is 3.39. The molecule has 0 aliphatic carbocycles. The molecule has 0 N–H and O–H groups in total. The summed E-state index contributed by atoms with van der Waals surface area (Å²) >= 11 is 6.21. The zero-order valence-electron chi connectivity index (χ0n) is 15.2. The number of anilines is 1. The third kappa shape index (κ3) is 3.55. The van der Waals surface area contributed by atoms with E-state index in [0.29, 0.717) is 23.2 Å². The highest BCUT2D eigenvalue weighted by Gasteiger charge is 2.29. The number of hydrogen-bond donors (Lipinski definition) is 0. The van der Waals surface area contributed by atoms with Gasteiger partial charge in [-0.1, -0.05) is 23.7 Å². The lowest BCUT2D eigenvalue weighted by Crippen LogP contribution is -2.27. The molecule has 1 saturated heterocycles. The molecule has 1 atom stereocenters. The molecule has 1 aliphatic heterocycles. The number of rotatable bonds is 5. The Morgan fingerprint density at radius 3 is 2.74 bits per heavy atom. The predicted octanol–water partition coefficient (Wildman–Crippen LogP) is 3.29. The standard InChI is InChI=1S/C19H20ClN5O2/c1-13-22-23-19(25(13)14-7-8-18(26-2)21-11-14)24-10-9-15(12-24)27-17-6-4-3-5-16(17)20/h3-8,11,15H,9-10,12H2,1-2H3/t15-/m0/s1. The summed E-state index contributed by atoms with van der Waals surface area (Å²) in [6.45, 7) is 3.47. The number of ether oxygens (including phenoxy) is 2. The molecule has 7 nitrogen and oxygen atoms in total. The highest BCUT2D eigenvalue weighted by atomic mass is 35.5. The van der Waals surface area contributed by atoms with E-state index >= 15 is 0 Å². The molecular weight excluding hydrogens is 366 g/mol. The van der Waals surface area contributed by atoms with Gasteiger partial charge in [-0.15, -0.1) is 10.2 Å². The fourth-order valence-electron chi connectivity index (χ4n) is 3.21. The Hall–Kier alpha value is -2.80. The topological polar surface area (TPSA) is 65.3 Å². The first-order valence-electron chi connectivity index (χ1n) is 8.74. The lowest BCUT2D eigenvalue weighted by molar-refractivity contribution is 0.225. The van der Waals surface area contributed by atoms with Crippen LogP contribution in [0.25, 0.3) is 5.69 Å². The maximum absolute atomic E-state index is 6.21. The molecule has 3 aromatic rings. The van der Waals surface area contributed by atoms with Gasteiger partial charge in [0.1, 0.15) is 17.7 Å². The van der Waals surface area contributed by atoms with E-state index in [-0.39, 0.29) is 6.10 Å². The van der Waals surface area contributed by atoms with E-state index in [4.69, 9.17) is 21.1 Å². The van der Waals surface area contributed by atoms with Gasteiger partial charge in [-0.3, -0.25) is 4.57 Å². The van der Waals surface area contributed by atoms with Gasteiger partial charge in [0.25, 0.3) is 0 Å². The number of methoxy groups -OCH3 is 1. The van der Waals surface area contributed by atoms with Crippen molar-refractivity contribution in [3.8, 4) is 17.3 Å². The van der Waals surface area contributed by atoms with Gasteiger partial charge in [0.2, 0.25) is 11.8 Å². The van der Waals surface area contributed by atoms with Crippen LogP contribution < -0.4 is 14.4 Å². The molecule has 0 spiro atoms. The summed E-state index contributed by atoms with van der Waals surface area (Å²) in [6.07, 6.45) is 2.69. The molecule has 27 heavy (non-hydrogen) atoms. The zero-order chi connectivity index (χ0) is 18.8. The van der Waals surface area contributed by atoms with Crippen LogP contribution in [0, 0.1) is 6.92 Å². The normalized spacial score (nSPS) is 16.6. The van der Waals surface area contributed by atoms with Crippen molar-refractivity contribution in [1.82, 2.24) is 19.7 Å². The quantitative estimate of drug-likeness (QED) is 0.671. The summed E-state index contributed by atoms with van der Waals surface area (Å²) in [5, 5.41) is 9.25. The van der Waals surface area contributed by atoms with Crippen molar-refractivity contribution in [3.63, 3.8) is 0 Å². The van der Waals surface area contributed by atoms with Crippen LogP contribution in [0.5, 0.6) is 11.6 Å². The average Bonchev–Trinajstić information content (AvgIpc) is 3.30. The first-order valence-corrected chi connectivity index (χ1v) is 9.12.